The van der Waals surface area contributed by atoms with E-state index in [9.17, 15) is 5.11 Å². The van der Waals surface area contributed by atoms with Crippen molar-refractivity contribution < 1.29 is 5.11 Å². The highest BCUT2D eigenvalue weighted by molar-refractivity contribution is 7.19. The quantitative estimate of drug-likeness (QED) is 0.815. The normalized spacial score (nSPS) is 12.6. The fraction of sp³-hybridized carbons (Fsp3) is 0.182. The summed E-state index contributed by atoms with van der Waals surface area (Å²) in [4.78, 5) is 0.868. The molecule has 1 aromatic carbocycles. The number of rotatable bonds is 2. The predicted octanol–water partition coefficient (Wildman–Crippen LogP) is 2.85. The average Bonchev–Trinajstić information content (AvgIpc) is 2.61. The Morgan fingerprint density at radius 1 is 1.43 bits per heavy atom. The summed E-state index contributed by atoms with van der Waals surface area (Å²) < 4.78 is 1.15. The van der Waals surface area contributed by atoms with Gasteiger partial charge in [0.2, 0.25) is 0 Å². The van der Waals surface area contributed by atoms with Crippen LogP contribution in [0.25, 0.3) is 10.1 Å². The van der Waals surface area contributed by atoms with Crippen LogP contribution < -0.4 is 0 Å². The third kappa shape index (κ3) is 1.63. The van der Waals surface area contributed by atoms with Crippen LogP contribution in [-0.2, 0) is 0 Å². The largest absolute Gasteiger partial charge is 0.386 e. The lowest BCUT2D eigenvalue weighted by molar-refractivity contribution is 0.187. The molecule has 2 nitrogen and oxygen atoms in total. The molecule has 14 heavy (non-hydrogen) atoms. The summed E-state index contributed by atoms with van der Waals surface area (Å²) in [5.74, 6) is 0. The van der Waals surface area contributed by atoms with Crippen LogP contribution in [-0.4, -0.2) is 5.11 Å². The van der Waals surface area contributed by atoms with E-state index in [2.05, 4.69) is 0 Å². The van der Waals surface area contributed by atoms with Gasteiger partial charge in [-0.15, -0.1) is 11.3 Å². The molecular formula is C11H9NOS. The van der Waals surface area contributed by atoms with Crippen molar-refractivity contribution in [3.63, 3.8) is 0 Å². The fourth-order valence-electron chi connectivity index (χ4n) is 1.35. The molecule has 0 saturated heterocycles. The first kappa shape index (κ1) is 9.20. The molecule has 0 radical (unpaired) electrons. The van der Waals surface area contributed by atoms with Crippen LogP contribution in [0.1, 0.15) is 17.4 Å². The molecule has 1 atom stereocenters. The highest BCUT2D eigenvalue weighted by atomic mass is 32.1. The number of hydrogen-bond donors (Lipinski definition) is 1. The zero-order valence-corrected chi connectivity index (χ0v) is 8.29. The van der Waals surface area contributed by atoms with Crippen molar-refractivity contribution in [2.24, 2.45) is 0 Å². The van der Waals surface area contributed by atoms with E-state index in [1.54, 1.807) is 11.3 Å². The standard InChI is InChI=1S/C11H9NOS/c12-6-5-9(13)11-7-8-3-1-2-4-10(8)14-11/h1-4,7,9,13H,5H2/t9-/m1/s1. The first-order valence-electron chi connectivity index (χ1n) is 4.35. The minimum atomic E-state index is -0.641. The molecule has 0 amide bonds. The lowest BCUT2D eigenvalue weighted by Crippen LogP contribution is -1.90. The van der Waals surface area contributed by atoms with Gasteiger partial charge in [0.05, 0.1) is 12.5 Å². The summed E-state index contributed by atoms with van der Waals surface area (Å²) in [7, 11) is 0. The van der Waals surface area contributed by atoms with Gasteiger partial charge >= 0.3 is 0 Å². The number of benzene rings is 1. The highest BCUT2D eigenvalue weighted by Crippen LogP contribution is 2.30. The number of nitrogens with zero attached hydrogens (tertiary/aromatic N) is 1. The number of nitriles is 1. The minimum Gasteiger partial charge on any atom is -0.386 e. The van der Waals surface area contributed by atoms with E-state index in [0.717, 1.165) is 15.0 Å². The summed E-state index contributed by atoms with van der Waals surface area (Å²) in [6, 6.07) is 11.9. The van der Waals surface area contributed by atoms with Crippen LogP contribution in [0.4, 0.5) is 0 Å². The van der Waals surface area contributed by atoms with Crippen LogP contribution in [0.2, 0.25) is 0 Å². The molecule has 0 spiro atoms. The Bertz CT molecular complexity index is 450. The molecule has 3 heteroatoms. The Labute approximate surface area is 86.0 Å². The van der Waals surface area contributed by atoms with Gasteiger partial charge in [-0.25, -0.2) is 0 Å². The maximum absolute atomic E-state index is 9.61. The Balaban J connectivity index is 2.41. The third-order valence-electron chi connectivity index (χ3n) is 2.06. The van der Waals surface area contributed by atoms with Crippen molar-refractivity contribution in [1.82, 2.24) is 0 Å². The van der Waals surface area contributed by atoms with Gasteiger partial charge < -0.3 is 5.11 Å². The summed E-state index contributed by atoms with van der Waals surface area (Å²) in [5, 5.41) is 19.2. The number of aliphatic hydroxyl groups excluding tert-OH is 1. The Morgan fingerprint density at radius 2 is 2.21 bits per heavy atom. The molecule has 2 rings (SSSR count). The van der Waals surface area contributed by atoms with Crippen LogP contribution >= 0.6 is 11.3 Å². The van der Waals surface area contributed by atoms with E-state index in [1.807, 2.05) is 36.4 Å². The molecule has 0 saturated carbocycles. The second-order valence-corrected chi connectivity index (χ2v) is 4.18. The van der Waals surface area contributed by atoms with Crippen LogP contribution in [0.15, 0.2) is 30.3 Å². The summed E-state index contributed by atoms with van der Waals surface area (Å²) in [6.45, 7) is 0. The van der Waals surface area contributed by atoms with Crippen LogP contribution in [0.5, 0.6) is 0 Å². The number of fused-ring (bicyclic) bond motifs is 1. The van der Waals surface area contributed by atoms with E-state index < -0.39 is 6.10 Å². The van der Waals surface area contributed by atoms with E-state index in [4.69, 9.17) is 5.26 Å². The topological polar surface area (TPSA) is 44.0 Å². The zero-order chi connectivity index (χ0) is 9.97. The average molecular weight is 203 g/mol. The molecule has 0 aliphatic carbocycles. The molecular weight excluding hydrogens is 194 g/mol. The SMILES string of the molecule is N#CC[C@@H](O)c1cc2ccccc2s1. The van der Waals surface area contributed by atoms with Gasteiger partial charge in [-0.3, -0.25) is 0 Å². The van der Waals surface area contributed by atoms with E-state index in [-0.39, 0.29) is 6.42 Å². The minimum absolute atomic E-state index is 0.160. The van der Waals surface area contributed by atoms with E-state index in [1.165, 1.54) is 0 Å². The molecule has 2 aromatic rings. The van der Waals surface area contributed by atoms with Crippen molar-refractivity contribution in [2.45, 2.75) is 12.5 Å². The summed E-state index contributed by atoms with van der Waals surface area (Å²) in [6.07, 6.45) is -0.482. The molecule has 1 N–H and O–H groups in total. The fourth-order valence-corrected chi connectivity index (χ4v) is 2.40. The van der Waals surface area contributed by atoms with Gasteiger partial charge in [-0.2, -0.15) is 5.26 Å². The highest BCUT2D eigenvalue weighted by Gasteiger charge is 2.10. The number of hydrogen-bond acceptors (Lipinski definition) is 3. The smallest absolute Gasteiger partial charge is 0.101 e. The van der Waals surface area contributed by atoms with Crippen molar-refractivity contribution >= 4 is 21.4 Å². The van der Waals surface area contributed by atoms with E-state index in [0.29, 0.717) is 0 Å². The molecule has 1 heterocycles. The molecule has 0 aliphatic rings. The second-order valence-electron chi connectivity index (χ2n) is 3.06. The van der Waals surface area contributed by atoms with Crippen molar-refractivity contribution in [2.75, 3.05) is 0 Å². The first-order valence-corrected chi connectivity index (χ1v) is 5.16. The lowest BCUT2D eigenvalue weighted by atomic mass is 10.2. The van der Waals surface area contributed by atoms with Gasteiger partial charge in [0.25, 0.3) is 0 Å². The first-order chi connectivity index (χ1) is 6.81. The molecule has 1 aromatic heterocycles. The van der Waals surface area contributed by atoms with Crippen LogP contribution in [0.3, 0.4) is 0 Å². The molecule has 0 fully saturated rings. The van der Waals surface area contributed by atoms with Crippen molar-refractivity contribution in [3.05, 3.63) is 35.2 Å². The lowest BCUT2D eigenvalue weighted by Gasteiger charge is -2.00. The Kier molecular flexibility index (Phi) is 2.49. The maximum Gasteiger partial charge on any atom is 0.101 e. The van der Waals surface area contributed by atoms with Gasteiger partial charge in [0, 0.05) is 9.58 Å². The summed E-state index contributed by atoms with van der Waals surface area (Å²) in [5.41, 5.74) is 0. The Morgan fingerprint density at radius 3 is 2.93 bits per heavy atom. The number of thiophene rings is 1. The molecule has 0 unspecified atom stereocenters. The third-order valence-corrected chi connectivity index (χ3v) is 3.27. The van der Waals surface area contributed by atoms with Gasteiger partial charge in [-0.1, -0.05) is 18.2 Å². The van der Waals surface area contributed by atoms with Gasteiger partial charge in [0.15, 0.2) is 0 Å². The zero-order valence-electron chi connectivity index (χ0n) is 7.47. The predicted molar refractivity (Wildman–Crippen MR) is 57.0 cm³/mol. The molecule has 0 aliphatic heterocycles. The Hall–Kier alpha value is -1.37. The maximum atomic E-state index is 9.61. The van der Waals surface area contributed by atoms with E-state index >= 15 is 0 Å². The molecule has 0 bridgehead atoms. The monoisotopic (exact) mass is 203 g/mol. The number of aliphatic hydroxyl groups is 1. The van der Waals surface area contributed by atoms with Crippen molar-refractivity contribution in [1.29, 1.82) is 5.26 Å². The summed E-state index contributed by atoms with van der Waals surface area (Å²) >= 11 is 1.54. The molecule has 70 valence electrons. The van der Waals surface area contributed by atoms with Crippen molar-refractivity contribution in [3.8, 4) is 6.07 Å². The van der Waals surface area contributed by atoms with Gasteiger partial charge in [-0.05, 0) is 17.5 Å². The van der Waals surface area contributed by atoms with Crippen LogP contribution in [0, 0.1) is 11.3 Å². The van der Waals surface area contributed by atoms with Gasteiger partial charge in [0.1, 0.15) is 6.10 Å². The second kappa shape index (κ2) is 3.79.